The standard InChI is InChI=1S/C17H18F4N4O3S/c1-8(2)24(4)29-23-15(27)10-6-12(11(18)5-9(10)3)25-14(26)7-13(17(19,20)21)22-16(25)28/h5-8H,1-4H3,(H,22,28)(H,23,27). The van der Waals surface area contributed by atoms with Crippen LogP contribution < -0.4 is 16.0 Å². The largest absolute Gasteiger partial charge is 0.431 e. The quantitative estimate of drug-likeness (QED) is 0.558. The molecular formula is C17H18F4N4O3S. The lowest BCUT2D eigenvalue weighted by Gasteiger charge is -2.19. The van der Waals surface area contributed by atoms with Crippen molar-refractivity contribution in [3.63, 3.8) is 0 Å². The molecule has 1 aromatic heterocycles. The van der Waals surface area contributed by atoms with Gasteiger partial charge in [0.1, 0.15) is 11.5 Å². The van der Waals surface area contributed by atoms with Crippen molar-refractivity contribution in [2.45, 2.75) is 33.0 Å². The molecule has 0 bridgehead atoms. The zero-order valence-electron chi connectivity index (χ0n) is 15.8. The topological polar surface area (TPSA) is 87.2 Å². The minimum atomic E-state index is -4.95. The second-order valence-corrected chi connectivity index (χ2v) is 7.40. The second kappa shape index (κ2) is 8.41. The van der Waals surface area contributed by atoms with Crippen molar-refractivity contribution in [3.8, 4) is 5.69 Å². The molecule has 0 spiro atoms. The minimum absolute atomic E-state index is 0.0442. The molecule has 12 heteroatoms. The van der Waals surface area contributed by atoms with Gasteiger partial charge in [0.15, 0.2) is 0 Å². The monoisotopic (exact) mass is 434 g/mol. The summed E-state index contributed by atoms with van der Waals surface area (Å²) in [5, 5.41) is 0. The summed E-state index contributed by atoms with van der Waals surface area (Å²) < 4.78 is 57.1. The van der Waals surface area contributed by atoms with Gasteiger partial charge in [0, 0.05) is 29.8 Å². The molecule has 1 aromatic carbocycles. The fraction of sp³-hybridized carbons (Fsp3) is 0.353. The number of H-pyrrole nitrogens is 1. The Morgan fingerprint density at radius 2 is 1.86 bits per heavy atom. The van der Waals surface area contributed by atoms with Gasteiger partial charge in [-0.2, -0.15) is 13.2 Å². The number of carbonyl (C=O) groups excluding carboxylic acids is 1. The van der Waals surface area contributed by atoms with Crippen molar-refractivity contribution in [2.75, 3.05) is 7.05 Å². The van der Waals surface area contributed by atoms with Crippen molar-refractivity contribution in [1.29, 1.82) is 0 Å². The molecule has 2 N–H and O–H groups in total. The molecular weight excluding hydrogens is 416 g/mol. The van der Waals surface area contributed by atoms with Crippen LogP contribution in [0.4, 0.5) is 17.6 Å². The maximum Gasteiger partial charge on any atom is 0.431 e. The van der Waals surface area contributed by atoms with Gasteiger partial charge in [-0.25, -0.2) is 18.1 Å². The summed E-state index contributed by atoms with van der Waals surface area (Å²) in [6.45, 7) is 5.23. The summed E-state index contributed by atoms with van der Waals surface area (Å²) in [5.41, 5.74) is -4.88. The number of aryl methyl sites for hydroxylation is 1. The van der Waals surface area contributed by atoms with Crippen LogP contribution in [0.3, 0.4) is 0 Å². The highest BCUT2D eigenvalue weighted by atomic mass is 32.2. The van der Waals surface area contributed by atoms with E-state index in [-0.39, 0.29) is 27.8 Å². The van der Waals surface area contributed by atoms with Gasteiger partial charge in [0.2, 0.25) is 0 Å². The number of hydrogen-bond donors (Lipinski definition) is 2. The van der Waals surface area contributed by atoms with Crippen molar-refractivity contribution in [3.05, 3.63) is 61.7 Å². The van der Waals surface area contributed by atoms with E-state index in [1.165, 1.54) is 11.9 Å². The van der Waals surface area contributed by atoms with Crippen LogP contribution in [0.2, 0.25) is 0 Å². The van der Waals surface area contributed by atoms with E-state index in [0.29, 0.717) is 0 Å². The SMILES string of the molecule is Cc1cc(F)c(-n2c(=O)cc(C(F)(F)F)[nH]c2=O)cc1C(=O)NSN(C)C(C)C. The number of aromatic amines is 1. The number of nitrogens with one attached hydrogen (secondary N) is 2. The van der Waals surface area contributed by atoms with E-state index in [1.54, 1.807) is 11.4 Å². The van der Waals surface area contributed by atoms with Crippen LogP contribution in [0.15, 0.2) is 27.8 Å². The Balaban J connectivity index is 2.51. The van der Waals surface area contributed by atoms with Crippen molar-refractivity contribution in [2.24, 2.45) is 0 Å². The zero-order valence-corrected chi connectivity index (χ0v) is 16.7. The maximum atomic E-state index is 14.4. The molecule has 0 radical (unpaired) electrons. The first-order valence-corrected chi connectivity index (χ1v) is 9.04. The molecule has 158 valence electrons. The number of alkyl halides is 3. The summed E-state index contributed by atoms with van der Waals surface area (Å²) in [5.74, 6) is -1.67. The molecule has 0 saturated carbocycles. The molecule has 2 rings (SSSR count). The molecule has 0 saturated heterocycles. The predicted molar refractivity (Wildman–Crippen MR) is 100 cm³/mol. The molecule has 0 aliphatic carbocycles. The predicted octanol–water partition coefficient (Wildman–Crippen LogP) is 2.63. The summed E-state index contributed by atoms with van der Waals surface area (Å²) in [4.78, 5) is 38.1. The highest BCUT2D eigenvalue weighted by molar-refractivity contribution is 7.95. The first kappa shape index (κ1) is 22.7. The fourth-order valence-corrected chi connectivity index (χ4v) is 2.77. The van der Waals surface area contributed by atoms with E-state index in [0.717, 1.165) is 24.3 Å². The number of nitrogens with zero attached hydrogens (tertiary/aromatic N) is 2. The summed E-state index contributed by atoms with van der Waals surface area (Å²) >= 11 is 0.992. The number of halogens is 4. The molecule has 0 atom stereocenters. The average Bonchev–Trinajstić information content (AvgIpc) is 2.59. The zero-order chi connectivity index (χ0) is 22.1. The molecule has 2 aromatic rings. The summed E-state index contributed by atoms with van der Waals surface area (Å²) in [6.07, 6.45) is -4.95. The van der Waals surface area contributed by atoms with Gasteiger partial charge in [-0.15, -0.1) is 0 Å². The third-order valence-electron chi connectivity index (χ3n) is 4.03. The summed E-state index contributed by atoms with van der Waals surface area (Å²) in [7, 11) is 1.74. The Hall–Kier alpha value is -2.60. The Kier molecular flexibility index (Phi) is 6.58. The molecule has 0 aliphatic heterocycles. The molecule has 7 nitrogen and oxygen atoms in total. The number of benzene rings is 1. The van der Waals surface area contributed by atoms with Gasteiger partial charge in [-0.3, -0.25) is 14.3 Å². The minimum Gasteiger partial charge on any atom is -0.303 e. The van der Waals surface area contributed by atoms with Crippen LogP contribution in [0.25, 0.3) is 5.69 Å². The van der Waals surface area contributed by atoms with Gasteiger partial charge in [0.05, 0.1) is 5.69 Å². The van der Waals surface area contributed by atoms with E-state index >= 15 is 0 Å². The van der Waals surface area contributed by atoms with E-state index in [4.69, 9.17) is 0 Å². The van der Waals surface area contributed by atoms with E-state index < -0.39 is 40.5 Å². The molecule has 0 fully saturated rings. The average molecular weight is 434 g/mol. The van der Waals surface area contributed by atoms with E-state index in [1.807, 2.05) is 13.8 Å². The number of amides is 1. The second-order valence-electron chi connectivity index (χ2n) is 6.44. The van der Waals surface area contributed by atoms with Gasteiger partial charge >= 0.3 is 11.9 Å². The smallest absolute Gasteiger partial charge is 0.303 e. The van der Waals surface area contributed by atoms with Crippen LogP contribution in [0, 0.1) is 12.7 Å². The van der Waals surface area contributed by atoms with Crippen LogP contribution in [0.5, 0.6) is 0 Å². The number of carbonyl (C=O) groups is 1. The van der Waals surface area contributed by atoms with Gasteiger partial charge < -0.3 is 4.98 Å². The third-order valence-corrected chi connectivity index (χ3v) is 5.01. The number of hydrogen-bond acceptors (Lipinski definition) is 5. The van der Waals surface area contributed by atoms with Crippen molar-refractivity contribution in [1.82, 2.24) is 18.6 Å². The van der Waals surface area contributed by atoms with Crippen LogP contribution >= 0.6 is 12.1 Å². The molecule has 1 heterocycles. The molecule has 0 aliphatic rings. The van der Waals surface area contributed by atoms with Crippen molar-refractivity contribution < 1.29 is 22.4 Å². The van der Waals surface area contributed by atoms with Crippen molar-refractivity contribution >= 4 is 18.0 Å². The Morgan fingerprint density at radius 1 is 1.24 bits per heavy atom. The Morgan fingerprint density at radius 3 is 2.38 bits per heavy atom. The normalized spacial score (nSPS) is 11.9. The van der Waals surface area contributed by atoms with Crippen LogP contribution in [-0.2, 0) is 6.18 Å². The van der Waals surface area contributed by atoms with E-state index in [2.05, 4.69) is 4.72 Å². The molecule has 1 amide bonds. The van der Waals surface area contributed by atoms with Crippen LogP contribution in [-0.4, -0.2) is 32.9 Å². The van der Waals surface area contributed by atoms with Gasteiger partial charge in [-0.05, 0) is 45.5 Å². The Bertz CT molecular complexity index is 1020. The molecule has 0 unspecified atom stereocenters. The van der Waals surface area contributed by atoms with Gasteiger partial charge in [0.25, 0.3) is 11.5 Å². The highest BCUT2D eigenvalue weighted by Crippen LogP contribution is 2.26. The Labute approximate surface area is 167 Å². The lowest BCUT2D eigenvalue weighted by atomic mass is 10.1. The number of aromatic nitrogens is 2. The highest BCUT2D eigenvalue weighted by Gasteiger charge is 2.33. The van der Waals surface area contributed by atoms with Gasteiger partial charge in [-0.1, -0.05) is 0 Å². The summed E-state index contributed by atoms with van der Waals surface area (Å²) in [6, 6.07) is 2.12. The van der Waals surface area contributed by atoms with E-state index in [9.17, 15) is 31.9 Å². The lowest BCUT2D eigenvalue weighted by molar-refractivity contribution is -0.141. The number of rotatable bonds is 5. The first-order valence-electron chi connectivity index (χ1n) is 8.27. The third kappa shape index (κ3) is 5.07. The molecule has 29 heavy (non-hydrogen) atoms. The first-order chi connectivity index (χ1) is 13.3. The maximum absolute atomic E-state index is 14.4. The fourth-order valence-electron chi connectivity index (χ4n) is 2.23. The van der Waals surface area contributed by atoms with Crippen LogP contribution in [0.1, 0.15) is 35.5 Å². The lowest BCUT2D eigenvalue weighted by Crippen LogP contribution is -2.36.